The van der Waals surface area contributed by atoms with E-state index in [2.05, 4.69) is 5.32 Å². The van der Waals surface area contributed by atoms with Crippen LogP contribution in [0.4, 0.5) is 0 Å². The maximum atomic E-state index is 9.86. The van der Waals surface area contributed by atoms with Gasteiger partial charge in [0.25, 0.3) is 0 Å². The summed E-state index contributed by atoms with van der Waals surface area (Å²) >= 11 is 0. The fourth-order valence-corrected chi connectivity index (χ4v) is 2.08. The van der Waals surface area contributed by atoms with Gasteiger partial charge in [-0.15, -0.1) is 0 Å². The van der Waals surface area contributed by atoms with E-state index in [0.29, 0.717) is 12.5 Å². The largest absolute Gasteiger partial charge is 0.393 e. The van der Waals surface area contributed by atoms with E-state index in [-0.39, 0.29) is 6.10 Å². The molecule has 3 nitrogen and oxygen atoms in total. The highest BCUT2D eigenvalue weighted by Gasteiger charge is 2.26. The normalized spacial score (nSPS) is 26.1. The van der Waals surface area contributed by atoms with Crippen LogP contribution in [0.3, 0.4) is 0 Å². The van der Waals surface area contributed by atoms with Gasteiger partial charge in [-0.3, -0.25) is 0 Å². The SMILES string of the molecule is OC1CC(CNCC(O)c2ccccc2)C1. The van der Waals surface area contributed by atoms with Gasteiger partial charge in [-0.2, -0.15) is 0 Å². The molecular formula is C13H19NO2. The van der Waals surface area contributed by atoms with Gasteiger partial charge in [-0.1, -0.05) is 30.3 Å². The number of aliphatic hydroxyl groups is 2. The predicted octanol–water partition coefficient (Wildman–Crippen LogP) is 1.08. The highest BCUT2D eigenvalue weighted by Crippen LogP contribution is 2.26. The van der Waals surface area contributed by atoms with Crippen molar-refractivity contribution in [2.75, 3.05) is 13.1 Å². The van der Waals surface area contributed by atoms with E-state index < -0.39 is 6.10 Å². The molecule has 0 aromatic heterocycles. The molecule has 1 unspecified atom stereocenters. The Morgan fingerprint density at radius 3 is 2.56 bits per heavy atom. The molecule has 0 saturated heterocycles. The lowest BCUT2D eigenvalue weighted by Crippen LogP contribution is -2.37. The summed E-state index contributed by atoms with van der Waals surface area (Å²) in [4.78, 5) is 0. The molecule has 88 valence electrons. The Labute approximate surface area is 96.1 Å². The fraction of sp³-hybridized carbons (Fsp3) is 0.538. The predicted molar refractivity (Wildman–Crippen MR) is 63.0 cm³/mol. The maximum Gasteiger partial charge on any atom is 0.0914 e. The third-order valence-electron chi connectivity index (χ3n) is 3.17. The van der Waals surface area contributed by atoms with Crippen LogP contribution in [-0.2, 0) is 0 Å². The van der Waals surface area contributed by atoms with Gasteiger partial charge < -0.3 is 15.5 Å². The van der Waals surface area contributed by atoms with Crippen molar-refractivity contribution < 1.29 is 10.2 Å². The second kappa shape index (κ2) is 5.43. The average molecular weight is 221 g/mol. The first kappa shape index (κ1) is 11.6. The third kappa shape index (κ3) is 3.04. The van der Waals surface area contributed by atoms with Crippen LogP contribution in [0.5, 0.6) is 0 Å². The monoisotopic (exact) mass is 221 g/mol. The molecule has 1 fully saturated rings. The van der Waals surface area contributed by atoms with Crippen molar-refractivity contribution in [2.24, 2.45) is 5.92 Å². The smallest absolute Gasteiger partial charge is 0.0914 e. The lowest BCUT2D eigenvalue weighted by atomic mass is 9.82. The van der Waals surface area contributed by atoms with Crippen LogP contribution < -0.4 is 5.32 Å². The Morgan fingerprint density at radius 1 is 1.25 bits per heavy atom. The Balaban J connectivity index is 1.66. The third-order valence-corrected chi connectivity index (χ3v) is 3.17. The molecular weight excluding hydrogens is 202 g/mol. The van der Waals surface area contributed by atoms with Gasteiger partial charge in [0.2, 0.25) is 0 Å². The minimum absolute atomic E-state index is 0.0918. The molecule has 0 radical (unpaired) electrons. The lowest BCUT2D eigenvalue weighted by Gasteiger charge is -2.31. The summed E-state index contributed by atoms with van der Waals surface area (Å²) in [5.41, 5.74) is 0.948. The van der Waals surface area contributed by atoms with Crippen molar-refractivity contribution >= 4 is 0 Å². The molecule has 16 heavy (non-hydrogen) atoms. The number of nitrogens with one attached hydrogen (secondary N) is 1. The minimum Gasteiger partial charge on any atom is -0.393 e. The second-order valence-corrected chi connectivity index (χ2v) is 4.58. The molecule has 1 aliphatic rings. The molecule has 0 bridgehead atoms. The van der Waals surface area contributed by atoms with Crippen molar-refractivity contribution in [3.05, 3.63) is 35.9 Å². The first-order chi connectivity index (χ1) is 7.75. The summed E-state index contributed by atoms with van der Waals surface area (Å²) < 4.78 is 0. The maximum absolute atomic E-state index is 9.86. The Hall–Kier alpha value is -0.900. The molecule has 1 aromatic carbocycles. The second-order valence-electron chi connectivity index (χ2n) is 4.58. The number of hydrogen-bond acceptors (Lipinski definition) is 3. The van der Waals surface area contributed by atoms with E-state index >= 15 is 0 Å². The van der Waals surface area contributed by atoms with Gasteiger partial charge in [0.1, 0.15) is 0 Å². The molecule has 0 aliphatic heterocycles. The van der Waals surface area contributed by atoms with Gasteiger partial charge >= 0.3 is 0 Å². The van der Waals surface area contributed by atoms with Gasteiger partial charge in [-0.05, 0) is 30.9 Å². The summed E-state index contributed by atoms with van der Waals surface area (Å²) in [6, 6.07) is 9.67. The number of hydrogen-bond donors (Lipinski definition) is 3. The van der Waals surface area contributed by atoms with E-state index in [0.717, 1.165) is 24.9 Å². The summed E-state index contributed by atoms with van der Waals surface area (Å²) in [6.45, 7) is 1.47. The molecule has 0 amide bonds. The quantitative estimate of drug-likeness (QED) is 0.697. The van der Waals surface area contributed by atoms with Crippen LogP contribution in [-0.4, -0.2) is 29.4 Å². The van der Waals surface area contributed by atoms with Crippen LogP contribution in [0.2, 0.25) is 0 Å². The van der Waals surface area contributed by atoms with Gasteiger partial charge in [0, 0.05) is 6.54 Å². The molecule has 3 heteroatoms. The number of aliphatic hydroxyl groups excluding tert-OH is 2. The van der Waals surface area contributed by atoms with Crippen LogP contribution >= 0.6 is 0 Å². The van der Waals surface area contributed by atoms with Crippen LogP contribution in [0.25, 0.3) is 0 Å². The number of rotatable bonds is 5. The van der Waals surface area contributed by atoms with Crippen LogP contribution in [0.15, 0.2) is 30.3 Å². The van der Waals surface area contributed by atoms with Crippen LogP contribution in [0.1, 0.15) is 24.5 Å². The zero-order valence-electron chi connectivity index (χ0n) is 9.34. The van der Waals surface area contributed by atoms with Crippen LogP contribution in [0, 0.1) is 5.92 Å². The Morgan fingerprint density at radius 2 is 1.94 bits per heavy atom. The van der Waals surface area contributed by atoms with Crippen molar-refractivity contribution in [3.63, 3.8) is 0 Å². The van der Waals surface area contributed by atoms with Gasteiger partial charge in [-0.25, -0.2) is 0 Å². The highest BCUT2D eigenvalue weighted by atomic mass is 16.3. The molecule has 1 saturated carbocycles. The Bertz CT molecular complexity index is 309. The zero-order chi connectivity index (χ0) is 11.4. The van der Waals surface area contributed by atoms with E-state index in [1.807, 2.05) is 30.3 Å². The number of benzene rings is 1. The molecule has 1 atom stereocenters. The zero-order valence-corrected chi connectivity index (χ0v) is 9.34. The van der Waals surface area contributed by atoms with Crippen molar-refractivity contribution in [3.8, 4) is 0 Å². The van der Waals surface area contributed by atoms with E-state index in [9.17, 15) is 5.11 Å². The summed E-state index contributed by atoms with van der Waals surface area (Å²) in [7, 11) is 0. The summed E-state index contributed by atoms with van der Waals surface area (Å²) in [6.07, 6.45) is 1.26. The minimum atomic E-state index is -0.439. The molecule has 3 N–H and O–H groups in total. The van der Waals surface area contributed by atoms with E-state index in [1.165, 1.54) is 0 Å². The van der Waals surface area contributed by atoms with Gasteiger partial charge in [0.15, 0.2) is 0 Å². The van der Waals surface area contributed by atoms with Crippen molar-refractivity contribution in [2.45, 2.75) is 25.0 Å². The summed E-state index contributed by atoms with van der Waals surface area (Å²) in [5, 5.41) is 22.2. The van der Waals surface area contributed by atoms with E-state index in [1.54, 1.807) is 0 Å². The molecule has 1 aromatic rings. The van der Waals surface area contributed by atoms with E-state index in [4.69, 9.17) is 5.11 Å². The standard InChI is InChI=1S/C13H19NO2/c15-12-6-10(7-12)8-14-9-13(16)11-4-2-1-3-5-11/h1-5,10,12-16H,6-9H2. The molecule has 2 rings (SSSR count). The fourth-order valence-electron chi connectivity index (χ4n) is 2.08. The van der Waals surface area contributed by atoms with Crippen molar-refractivity contribution in [1.29, 1.82) is 0 Å². The average Bonchev–Trinajstić information content (AvgIpc) is 2.27. The lowest BCUT2D eigenvalue weighted by molar-refractivity contribution is 0.0415. The molecule has 0 spiro atoms. The highest BCUT2D eigenvalue weighted by molar-refractivity contribution is 5.17. The topological polar surface area (TPSA) is 52.5 Å². The first-order valence-corrected chi connectivity index (χ1v) is 5.87. The molecule has 0 heterocycles. The summed E-state index contributed by atoms with van der Waals surface area (Å²) in [5.74, 6) is 0.581. The van der Waals surface area contributed by atoms with Gasteiger partial charge in [0.05, 0.1) is 12.2 Å². The Kier molecular flexibility index (Phi) is 3.93. The molecule has 1 aliphatic carbocycles. The first-order valence-electron chi connectivity index (χ1n) is 5.87. The van der Waals surface area contributed by atoms with Crippen molar-refractivity contribution in [1.82, 2.24) is 5.32 Å².